The second-order valence-corrected chi connectivity index (χ2v) is 9.08. The molecule has 5 nitrogen and oxygen atoms in total. The third-order valence-electron chi connectivity index (χ3n) is 4.91. The summed E-state index contributed by atoms with van der Waals surface area (Å²) < 4.78 is 40.0. The van der Waals surface area contributed by atoms with Gasteiger partial charge < -0.3 is 5.32 Å². The molecule has 162 valence electrons. The molecule has 1 aliphatic rings. The maximum absolute atomic E-state index is 13.1. The summed E-state index contributed by atoms with van der Waals surface area (Å²) in [4.78, 5) is 31.9. The van der Waals surface area contributed by atoms with Crippen molar-refractivity contribution in [1.82, 2.24) is 9.55 Å². The normalized spacial score (nSPS) is 13.4. The van der Waals surface area contributed by atoms with Crippen LogP contribution in [0.25, 0.3) is 10.2 Å². The van der Waals surface area contributed by atoms with E-state index in [1.807, 2.05) is 0 Å². The lowest BCUT2D eigenvalue weighted by atomic mass is 10.2. The molecule has 2 heterocycles. The Morgan fingerprint density at radius 3 is 2.90 bits per heavy atom. The number of nitrogens with one attached hydrogen (secondary N) is 1. The van der Waals surface area contributed by atoms with Crippen LogP contribution in [0.2, 0.25) is 0 Å². The number of nitrogens with zero attached hydrogens (tertiary/aromatic N) is 2. The van der Waals surface area contributed by atoms with Gasteiger partial charge in [0.2, 0.25) is 5.91 Å². The first kappa shape index (κ1) is 21.6. The average Bonchev–Trinajstić information content (AvgIpc) is 3.29. The molecule has 4 rings (SSSR count). The van der Waals surface area contributed by atoms with Gasteiger partial charge in [0, 0.05) is 17.1 Å². The minimum absolute atomic E-state index is 0.0574. The first-order valence-corrected chi connectivity index (χ1v) is 11.3. The zero-order chi connectivity index (χ0) is 22.2. The molecule has 0 saturated heterocycles. The van der Waals surface area contributed by atoms with E-state index in [1.54, 1.807) is 6.08 Å². The highest BCUT2D eigenvalue weighted by molar-refractivity contribution is 7.99. The Kier molecular flexibility index (Phi) is 5.94. The zero-order valence-corrected chi connectivity index (χ0v) is 17.9. The average molecular weight is 466 g/mol. The van der Waals surface area contributed by atoms with Gasteiger partial charge in [0.15, 0.2) is 5.16 Å². The molecule has 0 bridgehead atoms. The van der Waals surface area contributed by atoms with Gasteiger partial charge in [-0.05, 0) is 43.0 Å². The number of alkyl halides is 3. The number of thiophene rings is 1. The molecule has 2 aromatic heterocycles. The second-order valence-electron chi connectivity index (χ2n) is 7.05. The van der Waals surface area contributed by atoms with Crippen LogP contribution in [0.1, 0.15) is 22.4 Å². The van der Waals surface area contributed by atoms with Gasteiger partial charge in [-0.3, -0.25) is 14.2 Å². The number of amides is 1. The Morgan fingerprint density at radius 1 is 1.35 bits per heavy atom. The van der Waals surface area contributed by atoms with Crippen molar-refractivity contribution >= 4 is 44.9 Å². The number of fused-ring (bicyclic) bond motifs is 3. The predicted octanol–water partition coefficient (Wildman–Crippen LogP) is 4.88. The summed E-state index contributed by atoms with van der Waals surface area (Å²) in [6.45, 7) is 3.95. The van der Waals surface area contributed by atoms with E-state index in [4.69, 9.17) is 0 Å². The number of allylic oxidation sites excluding steroid dienone is 1. The van der Waals surface area contributed by atoms with Gasteiger partial charge in [0.05, 0.1) is 16.7 Å². The van der Waals surface area contributed by atoms with Gasteiger partial charge in [-0.25, -0.2) is 4.98 Å². The molecule has 0 atom stereocenters. The molecule has 10 heteroatoms. The van der Waals surface area contributed by atoms with Crippen LogP contribution in [0, 0.1) is 0 Å². The van der Waals surface area contributed by atoms with E-state index in [1.165, 1.54) is 32.9 Å². The van der Waals surface area contributed by atoms with E-state index in [9.17, 15) is 22.8 Å². The number of halogens is 3. The SMILES string of the molecule is C=CCn1c(SCC(=O)Nc2cccc(C(F)(F)F)c2)nc2sc3c(c2c1=O)CCC3. The Hall–Kier alpha value is -2.59. The van der Waals surface area contributed by atoms with Crippen molar-refractivity contribution in [1.29, 1.82) is 0 Å². The van der Waals surface area contributed by atoms with E-state index in [0.29, 0.717) is 15.4 Å². The van der Waals surface area contributed by atoms with Crippen LogP contribution in [0.3, 0.4) is 0 Å². The van der Waals surface area contributed by atoms with E-state index < -0.39 is 17.6 Å². The number of benzene rings is 1. The van der Waals surface area contributed by atoms with Crippen molar-refractivity contribution in [3.05, 3.63) is 63.3 Å². The maximum Gasteiger partial charge on any atom is 0.416 e. The van der Waals surface area contributed by atoms with Crippen molar-refractivity contribution in [3.8, 4) is 0 Å². The number of aromatic nitrogens is 2. The van der Waals surface area contributed by atoms with Crippen molar-refractivity contribution < 1.29 is 18.0 Å². The highest BCUT2D eigenvalue weighted by atomic mass is 32.2. The molecule has 0 aliphatic heterocycles. The second kappa shape index (κ2) is 8.51. The number of hydrogen-bond acceptors (Lipinski definition) is 5. The van der Waals surface area contributed by atoms with E-state index in [0.717, 1.165) is 48.7 Å². The first-order valence-electron chi connectivity index (χ1n) is 9.54. The van der Waals surface area contributed by atoms with Crippen LogP contribution < -0.4 is 10.9 Å². The lowest BCUT2D eigenvalue weighted by Gasteiger charge is -2.11. The van der Waals surface area contributed by atoms with Crippen LogP contribution in [0.5, 0.6) is 0 Å². The van der Waals surface area contributed by atoms with Crippen molar-refractivity contribution in [2.24, 2.45) is 0 Å². The smallest absolute Gasteiger partial charge is 0.325 e. The van der Waals surface area contributed by atoms with E-state index >= 15 is 0 Å². The third-order valence-corrected chi connectivity index (χ3v) is 7.07. The summed E-state index contributed by atoms with van der Waals surface area (Å²) in [5.74, 6) is -0.589. The third kappa shape index (κ3) is 4.40. The molecule has 1 amide bonds. The fraction of sp³-hybridized carbons (Fsp3) is 0.286. The summed E-state index contributed by atoms with van der Waals surface area (Å²) >= 11 is 2.58. The Morgan fingerprint density at radius 2 is 2.16 bits per heavy atom. The number of anilines is 1. The molecule has 3 aromatic rings. The molecule has 1 N–H and O–H groups in total. The van der Waals surface area contributed by atoms with Crippen LogP contribution in [-0.2, 0) is 30.4 Å². The Balaban J connectivity index is 1.55. The number of aryl methyl sites for hydroxylation is 2. The molecule has 0 radical (unpaired) electrons. The quantitative estimate of drug-likeness (QED) is 0.320. The summed E-state index contributed by atoms with van der Waals surface area (Å²) in [6, 6.07) is 4.45. The number of carbonyl (C=O) groups excluding carboxylic acids is 1. The predicted molar refractivity (Wildman–Crippen MR) is 117 cm³/mol. The molecule has 0 spiro atoms. The summed E-state index contributed by atoms with van der Waals surface area (Å²) in [7, 11) is 0. The van der Waals surface area contributed by atoms with Crippen molar-refractivity contribution in [2.45, 2.75) is 37.1 Å². The van der Waals surface area contributed by atoms with Gasteiger partial charge in [-0.1, -0.05) is 23.9 Å². The molecule has 0 saturated carbocycles. The van der Waals surface area contributed by atoms with Crippen LogP contribution in [-0.4, -0.2) is 21.2 Å². The van der Waals surface area contributed by atoms with Gasteiger partial charge in [-0.2, -0.15) is 13.2 Å². The molecule has 0 unspecified atom stereocenters. The topological polar surface area (TPSA) is 64.0 Å². The summed E-state index contributed by atoms with van der Waals surface area (Å²) in [5.41, 5.74) is 0.150. The number of hydrogen-bond donors (Lipinski definition) is 1. The number of thioether (sulfide) groups is 1. The van der Waals surface area contributed by atoms with E-state index in [2.05, 4.69) is 16.9 Å². The van der Waals surface area contributed by atoms with Gasteiger partial charge in [0.25, 0.3) is 5.56 Å². The van der Waals surface area contributed by atoms with Crippen LogP contribution >= 0.6 is 23.1 Å². The fourth-order valence-corrected chi connectivity index (χ4v) is 5.67. The minimum atomic E-state index is -4.49. The molecule has 1 aliphatic carbocycles. The number of carbonyl (C=O) groups is 1. The monoisotopic (exact) mass is 465 g/mol. The highest BCUT2D eigenvalue weighted by Crippen LogP contribution is 2.35. The molecule has 0 fully saturated rings. The molecule has 31 heavy (non-hydrogen) atoms. The lowest BCUT2D eigenvalue weighted by molar-refractivity contribution is -0.137. The van der Waals surface area contributed by atoms with Crippen LogP contribution in [0.15, 0.2) is 46.9 Å². The lowest BCUT2D eigenvalue weighted by Crippen LogP contribution is -2.24. The largest absolute Gasteiger partial charge is 0.416 e. The summed E-state index contributed by atoms with van der Waals surface area (Å²) in [6.07, 6.45) is -0.0551. The van der Waals surface area contributed by atoms with Crippen LogP contribution in [0.4, 0.5) is 18.9 Å². The first-order chi connectivity index (χ1) is 14.8. The molecular weight excluding hydrogens is 447 g/mol. The van der Waals surface area contributed by atoms with Crippen molar-refractivity contribution in [2.75, 3.05) is 11.1 Å². The molecular formula is C21H18F3N3O2S2. The van der Waals surface area contributed by atoms with Gasteiger partial charge in [0.1, 0.15) is 4.83 Å². The standard InChI is InChI=1S/C21H18F3N3O2S2/c1-2-9-27-19(29)17-14-7-4-8-15(14)31-18(17)26-20(27)30-11-16(28)25-13-6-3-5-12(10-13)21(22,23)24/h2-3,5-6,10H,1,4,7-9,11H2,(H,25,28). The summed E-state index contributed by atoms with van der Waals surface area (Å²) in [5, 5.41) is 3.50. The Bertz CT molecular complexity index is 1230. The van der Waals surface area contributed by atoms with Gasteiger partial charge in [-0.15, -0.1) is 17.9 Å². The Labute approximate surface area is 184 Å². The minimum Gasteiger partial charge on any atom is -0.325 e. The number of rotatable bonds is 6. The van der Waals surface area contributed by atoms with E-state index in [-0.39, 0.29) is 23.5 Å². The fourth-order valence-electron chi connectivity index (χ4n) is 3.56. The van der Waals surface area contributed by atoms with Crippen molar-refractivity contribution in [3.63, 3.8) is 0 Å². The molecule has 1 aromatic carbocycles. The zero-order valence-electron chi connectivity index (χ0n) is 16.3. The maximum atomic E-state index is 13.1. The van der Waals surface area contributed by atoms with Gasteiger partial charge >= 0.3 is 6.18 Å². The highest BCUT2D eigenvalue weighted by Gasteiger charge is 2.30.